The van der Waals surface area contributed by atoms with Gasteiger partial charge in [-0.25, -0.2) is 4.98 Å². The van der Waals surface area contributed by atoms with E-state index >= 15 is 0 Å². The molecule has 0 unspecified atom stereocenters. The number of nitriles is 1. The number of carbonyl (C=O) groups excluding carboxylic acids is 1. The summed E-state index contributed by atoms with van der Waals surface area (Å²) in [6.45, 7) is 4.83. The lowest BCUT2D eigenvalue weighted by Crippen LogP contribution is -2.31. The Kier molecular flexibility index (Phi) is 4.76. The fourth-order valence-corrected chi connectivity index (χ4v) is 3.15. The molecule has 0 bridgehead atoms. The second-order valence-electron chi connectivity index (χ2n) is 5.65. The number of nitrogens with one attached hydrogen (secondary N) is 1. The van der Waals surface area contributed by atoms with Gasteiger partial charge in [0.1, 0.15) is 24.3 Å². The molecule has 0 fully saturated rings. The highest BCUT2D eigenvalue weighted by molar-refractivity contribution is 8.00. The molecule has 1 N–H and O–H groups in total. The maximum absolute atomic E-state index is 11.8. The lowest BCUT2D eigenvalue weighted by Gasteiger charge is -2.19. The summed E-state index contributed by atoms with van der Waals surface area (Å²) in [7, 11) is 0. The molecule has 24 heavy (non-hydrogen) atoms. The maximum atomic E-state index is 11.8. The van der Waals surface area contributed by atoms with E-state index in [0.717, 1.165) is 5.39 Å². The molecule has 1 aromatic carbocycles. The van der Waals surface area contributed by atoms with Gasteiger partial charge in [0.15, 0.2) is 11.5 Å². The second-order valence-corrected chi connectivity index (χ2v) is 6.62. The zero-order chi connectivity index (χ0) is 17.1. The molecule has 1 aliphatic heterocycles. The van der Waals surface area contributed by atoms with Crippen LogP contribution < -0.4 is 14.8 Å². The van der Waals surface area contributed by atoms with Gasteiger partial charge in [-0.1, -0.05) is 11.8 Å². The number of amides is 1. The fraction of sp³-hybridized carbons (Fsp3) is 0.353. The largest absolute Gasteiger partial charge is 0.486 e. The van der Waals surface area contributed by atoms with Crippen molar-refractivity contribution in [1.29, 1.82) is 5.26 Å². The summed E-state index contributed by atoms with van der Waals surface area (Å²) in [5.41, 5.74) is 1.16. The van der Waals surface area contributed by atoms with E-state index in [2.05, 4.69) is 16.4 Å². The first-order chi connectivity index (χ1) is 11.6. The molecule has 0 aliphatic carbocycles. The van der Waals surface area contributed by atoms with E-state index in [-0.39, 0.29) is 17.7 Å². The van der Waals surface area contributed by atoms with Crippen LogP contribution in [0, 0.1) is 11.3 Å². The number of ether oxygens (including phenoxy) is 2. The molecule has 2 heterocycles. The van der Waals surface area contributed by atoms with E-state index < -0.39 is 0 Å². The Morgan fingerprint density at radius 2 is 2.04 bits per heavy atom. The van der Waals surface area contributed by atoms with Crippen LogP contribution in [0.25, 0.3) is 10.9 Å². The number of thioether (sulfide) groups is 1. The van der Waals surface area contributed by atoms with Gasteiger partial charge in [-0.2, -0.15) is 5.26 Å². The van der Waals surface area contributed by atoms with Crippen LogP contribution in [-0.4, -0.2) is 35.9 Å². The van der Waals surface area contributed by atoms with Crippen molar-refractivity contribution >= 4 is 28.6 Å². The van der Waals surface area contributed by atoms with Gasteiger partial charge in [-0.15, -0.1) is 0 Å². The number of pyridine rings is 1. The third kappa shape index (κ3) is 3.54. The van der Waals surface area contributed by atoms with Gasteiger partial charge < -0.3 is 14.8 Å². The minimum atomic E-state index is -0.0806. The van der Waals surface area contributed by atoms with Crippen molar-refractivity contribution in [2.75, 3.05) is 19.0 Å². The van der Waals surface area contributed by atoms with Crippen molar-refractivity contribution in [3.8, 4) is 17.6 Å². The molecule has 0 radical (unpaired) electrons. The van der Waals surface area contributed by atoms with Crippen LogP contribution in [0.15, 0.2) is 23.2 Å². The monoisotopic (exact) mass is 343 g/mol. The highest BCUT2D eigenvalue weighted by atomic mass is 32.2. The predicted octanol–water partition coefficient (Wildman–Crippen LogP) is 2.49. The van der Waals surface area contributed by atoms with E-state index in [1.165, 1.54) is 11.8 Å². The van der Waals surface area contributed by atoms with Crippen molar-refractivity contribution < 1.29 is 14.3 Å². The molecule has 0 saturated carbocycles. The van der Waals surface area contributed by atoms with Crippen LogP contribution in [0.5, 0.6) is 11.5 Å². The number of fused-ring (bicyclic) bond motifs is 2. The highest BCUT2D eigenvalue weighted by Gasteiger charge is 2.16. The molecule has 0 spiro atoms. The highest BCUT2D eigenvalue weighted by Crippen LogP contribution is 2.35. The zero-order valence-corrected chi connectivity index (χ0v) is 14.3. The quantitative estimate of drug-likeness (QED) is 0.859. The molecule has 124 valence electrons. The van der Waals surface area contributed by atoms with Gasteiger partial charge in [0.2, 0.25) is 5.91 Å². The molecule has 1 amide bonds. The number of aromatic nitrogens is 1. The average Bonchev–Trinajstić information content (AvgIpc) is 2.56. The fourth-order valence-electron chi connectivity index (χ4n) is 2.38. The summed E-state index contributed by atoms with van der Waals surface area (Å²) in [6, 6.07) is 7.64. The number of hydrogen-bond donors (Lipinski definition) is 1. The average molecular weight is 343 g/mol. The van der Waals surface area contributed by atoms with Gasteiger partial charge in [0.05, 0.1) is 16.8 Å². The first kappa shape index (κ1) is 16.4. The number of carbonyl (C=O) groups is 1. The van der Waals surface area contributed by atoms with E-state index in [4.69, 9.17) is 9.47 Å². The third-order valence-electron chi connectivity index (χ3n) is 3.35. The van der Waals surface area contributed by atoms with Gasteiger partial charge in [-0.3, -0.25) is 4.79 Å². The summed E-state index contributed by atoms with van der Waals surface area (Å²) in [6.07, 6.45) is 0. The van der Waals surface area contributed by atoms with Crippen molar-refractivity contribution in [3.63, 3.8) is 0 Å². The van der Waals surface area contributed by atoms with Gasteiger partial charge in [0, 0.05) is 17.5 Å². The van der Waals surface area contributed by atoms with Gasteiger partial charge in [-0.05, 0) is 26.0 Å². The van der Waals surface area contributed by atoms with Gasteiger partial charge >= 0.3 is 0 Å². The van der Waals surface area contributed by atoms with Crippen LogP contribution >= 0.6 is 11.8 Å². The molecular formula is C17H17N3O3S. The van der Waals surface area contributed by atoms with E-state index in [0.29, 0.717) is 40.8 Å². The van der Waals surface area contributed by atoms with Crippen molar-refractivity contribution in [1.82, 2.24) is 10.3 Å². The smallest absolute Gasteiger partial charge is 0.230 e. The molecular weight excluding hydrogens is 326 g/mol. The van der Waals surface area contributed by atoms with Crippen LogP contribution in [0.3, 0.4) is 0 Å². The lowest BCUT2D eigenvalue weighted by molar-refractivity contribution is -0.119. The summed E-state index contributed by atoms with van der Waals surface area (Å²) in [4.78, 5) is 16.3. The van der Waals surface area contributed by atoms with E-state index in [1.807, 2.05) is 26.0 Å². The second kappa shape index (κ2) is 6.97. The normalized spacial score (nSPS) is 12.9. The van der Waals surface area contributed by atoms with Crippen LogP contribution in [0.1, 0.15) is 19.4 Å². The summed E-state index contributed by atoms with van der Waals surface area (Å²) >= 11 is 1.26. The van der Waals surface area contributed by atoms with Gasteiger partial charge in [0.25, 0.3) is 0 Å². The Bertz CT molecular complexity index is 830. The molecule has 6 nitrogen and oxygen atoms in total. The minimum Gasteiger partial charge on any atom is -0.486 e. The van der Waals surface area contributed by atoms with Crippen molar-refractivity contribution in [2.45, 2.75) is 24.9 Å². The van der Waals surface area contributed by atoms with Crippen molar-refractivity contribution in [3.05, 3.63) is 23.8 Å². The standard InChI is InChI=1S/C17H17N3O3S/c1-10(2)19-16(21)9-24-17-12(8-18)5-11-6-14-15(7-13(11)20-17)23-4-3-22-14/h5-7,10H,3-4,9H2,1-2H3,(H,19,21). The Morgan fingerprint density at radius 3 is 2.71 bits per heavy atom. The molecule has 7 heteroatoms. The molecule has 1 aromatic heterocycles. The minimum absolute atomic E-state index is 0.0806. The first-order valence-electron chi connectivity index (χ1n) is 7.63. The lowest BCUT2D eigenvalue weighted by atomic mass is 10.1. The number of benzene rings is 1. The van der Waals surface area contributed by atoms with Crippen LogP contribution in [0.4, 0.5) is 0 Å². The number of rotatable bonds is 4. The Labute approximate surface area is 144 Å². The van der Waals surface area contributed by atoms with E-state index in [9.17, 15) is 10.1 Å². The zero-order valence-electron chi connectivity index (χ0n) is 13.5. The Balaban J connectivity index is 1.90. The Morgan fingerprint density at radius 1 is 1.33 bits per heavy atom. The predicted molar refractivity (Wildman–Crippen MR) is 91.5 cm³/mol. The Hall–Kier alpha value is -2.46. The molecule has 3 rings (SSSR count). The maximum Gasteiger partial charge on any atom is 0.230 e. The third-order valence-corrected chi connectivity index (χ3v) is 4.34. The number of nitrogens with zero attached hydrogens (tertiary/aromatic N) is 2. The SMILES string of the molecule is CC(C)NC(=O)CSc1nc2cc3c(cc2cc1C#N)OCCO3. The van der Waals surface area contributed by atoms with Crippen LogP contribution in [0.2, 0.25) is 0 Å². The van der Waals surface area contributed by atoms with E-state index in [1.54, 1.807) is 6.07 Å². The molecule has 0 saturated heterocycles. The first-order valence-corrected chi connectivity index (χ1v) is 8.62. The molecule has 0 atom stereocenters. The van der Waals surface area contributed by atoms with Crippen LogP contribution in [-0.2, 0) is 4.79 Å². The summed E-state index contributed by atoms with van der Waals surface area (Å²) in [5, 5.41) is 13.5. The number of hydrogen-bond acceptors (Lipinski definition) is 6. The summed E-state index contributed by atoms with van der Waals surface area (Å²) < 4.78 is 11.1. The van der Waals surface area contributed by atoms with Crippen molar-refractivity contribution in [2.24, 2.45) is 0 Å². The summed E-state index contributed by atoms with van der Waals surface area (Å²) in [5.74, 6) is 1.45. The molecule has 1 aliphatic rings. The molecule has 2 aromatic rings. The topological polar surface area (TPSA) is 84.2 Å².